The molecule has 0 aliphatic carbocycles. The molecular weight excluding hydrogens is 299 g/mol. The molecule has 23 heavy (non-hydrogen) atoms. The van der Waals surface area contributed by atoms with Crippen molar-refractivity contribution in [2.24, 2.45) is 0 Å². The molecule has 0 aliphatic heterocycles. The summed E-state index contributed by atoms with van der Waals surface area (Å²) < 4.78 is 18.3. The summed E-state index contributed by atoms with van der Waals surface area (Å²) in [6.07, 6.45) is 0.749. The lowest BCUT2D eigenvalue weighted by atomic mass is 10.1. The van der Waals surface area contributed by atoms with Crippen molar-refractivity contribution in [2.75, 3.05) is 13.2 Å². The van der Waals surface area contributed by atoms with Crippen molar-refractivity contribution in [3.63, 3.8) is 0 Å². The summed E-state index contributed by atoms with van der Waals surface area (Å²) in [5.74, 6) is 0.395. The summed E-state index contributed by atoms with van der Waals surface area (Å²) in [4.78, 5) is 10.5. The first kappa shape index (κ1) is 16.9. The van der Waals surface area contributed by atoms with Crippen LogP contribution in [0.2, 0.25) is 0 Å². The fourth-order valence-electron chi connectivity index (χ4n) is 2.22. The maximum absolute atomic E-state index is 12.8. The zero-order chi connectivity index (χ0) is 16.7. The third-order valence-corrected chi connectivity index (χ3v) is 3.37. The van der Waals surface area contributed by atoms with Gasteiger partial charge in [-0.15, -0.1) is 0 Å². The average molecular weight is 318 g/mol. The van der Waals surface area contributed by atoms with Crippen molar-refractivity contribution >= 4 is 5.69 Å². The van der Waals surface area contributed by atoms with Gasteiger partial charge in [-0.3, -0.25) is 10.1 Å². The molecule has 122 valence electrons. The molecule has 6 heteroatoms. The van der Waals surface area contributed by atoms with E-state index in [1.165, 1.54) is 24.3 Å². The molecule has 5 nitrogen and oxygen atoms in total. The van der Waals surface area contributed by atoms with Crippen LogP contribution in [-0.4, -0.2) is 18.1 Å². The molecule has 0 radical (unpaired) electrons. The van der Waals surface area contributed by atoms with Crippen LogP contribution < -0.4 is 10.1 Å². The van der Waals surface area contributed by atoms with Crippen LogP contribution in [0.1, 0.15) is 18.1 Å². The van der Waals surface area contributed by atoms with Crippen LogP contribution >= 0.6 is 0 Å². The van der Waals surface area contributed by atoms with Crippen LogP contribution in [0, 0.1) is 15.9 Å². The second-order valence-electron chi connectivity index (χ2n) is 5.04. The number of hydrogen-bond donors (Lipinski definition) is 1. The van der Waals surface area contributed by atoms with E-state index in [0.29, 0.717) is 25.4 Å². The Hall–Kier alpha value is -2.47. The quantitative estimate of drug-likeness (QED) is 0.460. The van der Waals surface area contributed by atoms with E-state index in [9.17, 15) is 14.5 Å². The Labute approximate surface area is 134 Å². The molecule has 0 atom stereocenters. The predicted octanol–water partition coefficient (Wildman–Crippen LogP) is 3.46. The molecule has 0 aromatic heterocycles. The molecule has 0 heterocycles. The van der Waals surface area contributed by atoms with Crippen molar-refractivity contribution in [2.45, 2.75) is 19.9 Å². The fraction of sp³-hybridized carbons (Fsp3) is 0.294. The van der Waals surface area contributed by atoms with Gasteiger partial charge < -0.3 is 10.1 Å². The lowest BCUT2D eigenvalue weighted by molar-refractivity contribution is -0.384. The number of nitro groups is 1. The topological polar surface area (TPSA) is 64.4 Å². The summed E-state index contributed by atoms with van der Waals surface area (Å²) in [5, 5.41) is 14.1. The van der Waals surface area contributed by atoms with E-state index in [1.54, 1.807) is 18.2 Å². The highest BCUT2D eigenvalue weighted by atomic mass is 19.1. The van der Waals surface area contributed by atoms with Crippen LogP contribution in [0.15, 0.2) is 42.5 Å². The van der Waals surface area contributed by atoms with Crippen molar-refractivity contribution < 1.29 is 14.1 Å². The van der Waals surface area contributed by atoms with E-state index in [-0.39, 0.29) is 11.5 Å². The second kappa shape index (κ2) is 8.24. The lowest BCUT2D eigenvalue weighted by Crippen LogP contribution is -2.17. The predicted molar refractivity (Wildman–Crippen MR) is 86.1 cm³/mol. The van der Waals surface area contributed by atoms with E-state index >= 15 is 0 Å². The monoisotopic (exact) mass is 318 g/mol. The van der Waals surface area contributed by atoms with E-state index in [4.69, 9.17) is 4.74 Å². The number of rotatable bonds is 8. The summed E-state index contributed by atoms with van der Waals surface area (Å²) in [6, 6.07) is 10.9. The number of benzene rings is 2. The molecule has 0 unspecified atom stereocenters. The summed E-state index contributed by atoms with van der Waals surface area (Å²) in [5.41, 5.74) is 1.83. The Bertz CT molecular complexity index is 659. The van der Waals surface area contributed by atoms with E-state index in [0.717, 1.165) is 17.5 Å². The first-order chi connectivity index (χ1) is 11.1. The minimum Gasteiger partial charge on any atom is -0.494 e. The molecule has 2 aromatic carbocycles. The normalized spacial score (nSPS) is 10.5. The Morgan fingerprint density at radius 1 is 1.22 bits per heavy atom. The first-order valence-corrected chi connectivity index (χ1v) is 7.45. The zero-order valence-corrected chi connectivity index (χ0v) is 12.9. The van der Waals surface area contributed by atoms with Gasteiger partial charge >= 0.3 is 0 Å². The van der Waals surface area contributed by atoms with Gasteiger partial charge in [-0.2, -0.15) is 0 Å². The molecule has 1 N–H and O–H groups in total. The Balaban J connectivity index is 1.94. The summed E-state index contributed by atoms with van der Waals surface area (Å²) in [7, 11) is 0. The van der Waals surface area contributed by atoms with Gasteiger partial charge in [0.2, 0.25) is 0 Å². The van der Waals surface area contributed by atoms with Gasteiger partial charge in [0, 0.05) is 24.2 Å². The molecule has 0 bridgehead atoms. The maximum atomic E-state index is 12.8. The fourth-order valence-corrected chi connectivity index (χ4v) is 2.22. The Morgan fingerprint density at radius 3 is 2.61 bits per heavy atom. The SMILES string of the molecule is CCOc1ccc([N+](=O)[O-])cc1CNCCc1ccc(F)cc1. The van der Waals surface area contributed by atoms with Gasteiger partial charge in [0.25, 0.3) is 5.69 Å². The Morgan fingerprint density at radius 2 is 1.96 bits per heavy atom. The molecule has 0 saturated heterocycles. The van der Waals surface area contributed by atoms with Crippen molar-refractivity contribution in [1.82, 2.24) is 5.32 Å². The third-order valence-electron chi connectivity index (χ3n) is 3.37. The average Bonchev–Trinajstić information content (AvgIpc) is 2.54. The molecular formula is C17H19FN2O3. The smallest absolute Gasteiger partial charge is 0.270 e. The number of nitro benzene ring substituents is 1. The highest BCUT2D eigenvalue weighted by Gasteiger charge is 2.11. The van der Waals surface area contributed by atoms with Gasteiger partial charge in [0.15, 0.2) is 0 Å². The van der Waals surface area contributed by atoms with Crippen molar-refractivity contribution in [3.8, 4) is 5.75 Å². The lowest BCUT2D eigenvalue weighted by Gasteiger charge is -2.11. The number of nitrogens with zero attached hydrogens (tertiary/aromatic N) is 1. The van der Waals surface area contributed by atoms with E-state index < -0.39 is 4.92 Å². The number of nitrogens with one attached hydrogen (secondary N) is 1. The van der Waals surface area contributed by atoms with E-state index in [2.05, 4.69) is 5.32 Å². The third kappa shape index (κ3) is 5.03. The van der Waals surface area contributed by atoms with Crippen LogP contribution in [-0.2, 0) is 13.0 Å². The van der Waals surface area contributed by atoms with Gasteiger partial charge in [-0.05, 0) is 43.7 Å². The van der Waals surface area contributed by atoms with E-state index in [1.807, 2.05) is 6.92 Å². The second-order valence-corrected chi connectivity index (χ2v) is 5.04. The van der Waals surface area contributed by atoms with Gasteiger partial charge in [0.05, 0.1) is 11.5 Å². The molecule has 2 aromatic rings. The van der Waals surface area contributed by atoms with Gasteiger partial charge in [-0.25, -0.2) is 4.39 Å². The molecule has 0 saturated carbocycles. The number of hydrogen-bond acceptors (Lipinski definition) is 4. The Kier molecular flexibility index (Phi) is 6.05. The molecule has 0 aliphatic rings. The highest BCUT2D eigenvalue weighted by Crippen LogP contribution is 2.24. The number of ether oxygens (including phenoxy) is 1. The first-order valence-electron chi connectivity index (χ1n) is 7.45. The largest absolute Gasteiger partial charge is 0.494 e. The molecule has 0 fully saturated rings. The highest BCUT2D eigenvalue weighted by molar-refractivity contribution is 5.43. The molecule has 2 rings (SSSR count). The number of halogens is 1. The summed E-state index contributed by atoms with van der Waals surface area (Å²) in [6.45, 7) is 3.52. The van der Waals surface area contributed by atoms with Crippen LogP contribution in [0.4, 0.5) is 10.1 Å². The van der Waals surface area contributed by atoms with Gasteiger partial charge in [0.1, 0.15) is 11.6 Å². The maximum Gasteiger partial charge on any atom is 0.270 e. The van der Waals surface area contributed by atoms with Crippen molar-refractivity contribution in [1.29, 1.82) is 0 Å². The summed E-state index contributed by atoms with van der Waals surface area (Å²) >= 11 is 0. The van der Waals surface area contributed by atoms with Gasteiger partial charge in [-0.1, -0.05) is 12.1 Å². The number of non-ortho nitro benzene ring substituents is 1. The minimum absolute atomic E-state index is 0.0452. The van der Waals surface area contributed by atoms with Crippen LogP contribution in [0.3, 0.4) is 0 Å². The zero-order valence-electron chi connectivity index (χ0n) is 12.9. The minimum atomic E-state index is -0.419. The van der Waals surface area contributed by atoms with Crippen molar-refractivity contribution in [3.05, 3.63) is 69.5 Å². The standard InChI is InChI=1S/C17H19FN2O3/c1-2-23-17-8-7-16(20(21)22)11-14(17)12-19-10-9-13-3-5-15(18)6-4-13/h3-8,11,19H,2,9-10,12H2,1H3. The molecule has 0 spiro atoms. The molecule has 0 amide bonds. The van der Waals surface area contributed by atoms with Crippen LogP contribution in [0.5, 0.6) is 5.75 Å². The van der Waals surface area contributed by atoms with Crippen LogP contribution in [0.25, 0.3) is 0 Å².